The molecular formula is C43H26N4S. The monoisotopic (exact) mass is 640 g/mol. The van der Waals surface area contributed by atoms with Crippen LogP contribution in [0.4, 0.5) is 0 Å². The number of thiophene rings is 1. The Morgan fingerprint density at radius 3 is 1.94 bits per heavy atom. The molecule has 48 heavy (non-hydrogen) atoms. The highest BCUT2D eigenvalue weighted by atomic mass is 32.1. The molecule has 224 valence electrons. The third-order valence-electron chi connectivity index (χ3n) is 8.46. The molecule has 3 heterocycles. The van der Waals surface area contributed by atoms with Gasteiger partial charge in [-0.2, -0.15) is 0 Å². The van der Waals surface area contributed by atoms with Crippen LogP contribution >= 0.6 is 11.3 Å². The number of benzene rings is 7. The van der Waals surface area contributed by atoms with Gasteiger partial charge in [-0.15, -0.1) is 11.3 Å². The number of nitrogens with zero attached hydrogens (tertiary/aromatic N) is 4. The molecule has 10 aromatic rings. The van der Waals surface area contributed by atoms with Gasteiger partial charge in [0.2, 0.25) is 0 Å². The van der Waals surface area contributed by atoms with E-state index in [-0.39, 0.29) is 50.7 Å². The van der Waals surface area contributed by atoms with E-state index in [0.717, 1.165) is 36.9 Å². The predicted molar refractivity (Wildman–Crippen MR) is 201 cm³/mol. The van der Waals surface area contributed by atoms with E-state index in [4.69, 9.17) is 25.9 Å². The Bertz CT molecular complexity index is 3350. The summed E-state index contributed by atoms with van der Waals surface area (Å²) >= 11 is 1.50. The first-order valence-electron chi connectivity index (χ1n) is 20.2. The SMILES string of the molecule is [2H]c1c([2H])c([2H])c2c([2H])c3c(c([2H])c2c1[2H])c1c([2H])c([2H])c([2H])c([2H])c1n3-c1ccc2c(c1)sc1cccc(-c3nc(-c4ccccc4)nc(-c4ccccc4)n3)c12. The summed E-state index contributed by atoms with van der Waals surface area (Å²) in [6.45, 7) is 0. The maximum Gasteiger partial charge on any atom is 0.164 e. The van der Waals surface area contributed by atoms with Crippen molar-refractivity contribution in [3.8, 4) is 39.9 Å². The molecule has 5 heteroatoms. The number of para-hydroxylation sites is 1. The second kappa shape index (κ2) is 10.7. The first-order valence-corrected chi connectivity index (χ1v) is 16.0. The molecule has 0 unspecified atom stereocenters. The average molecular weight is 641 g/mol. The summed E-state index contributed by atoms with van der Waals surface area (Å²) in [6.07, 6.45) is 0. The van der Waals surface area contributed by atoms with Crippen molar-refractivity contribution in [1.29, 1.82) is 0 Å². The first-order chi connectivity index (χ1) is 28.0. The molecule has 0 radical (unpaired) electrons. The molecule has 0 N–H and O–H groups in total. The van der Waals surface area contributed by atoms with Gasteiger partial charge in [-0.25, -0.2) is 15.0 Å². The summed E-state index contributed by atoms with van der Waals surface area (Å²) in [6, 6.07) is 26.3. The first kappa shape index (κ1) is 18.8. The minimum Gasteiger partial charge on any atom is -0.309 e. The number of hydrogen-bond acceptors (Lipinski definition) is 4. The highest BCUT2D eigenvalue weighted by molar-refractivity contribution is 7.26. The zero-order valence-corrected chi connectivity index (χ0v) is 25.8. The zero-order chi connectivity index (χ0) is 40.3. The molecule has 0 bridgehead atoms. The zero-order valence-electron chi connectivity index (χ0n) is 34.9. The van der Waals surface area contributed by atoms with E-state index >= 15 is 0 Å². The van der Waals surface area contributed by atoms with Crippen LogP contribution in [0.1, 0.15) is 13.7 Å². The van der Waals surface area contributed by atoms with Gasteiger partial charge in [0.25, 0.3) is 0 Å². The van der Waals surface area contributed by atoms with E-state index in [1.165, 1.54) is 15.9 Å². The van der Waals surface area contributed by atoms with E-state index in [2.05, 4.69) is 0 Å². The van der Waals surface area contributed by atoms with E-state index in [1.807, 2.05) is 91.0 Å². The summed E-state index contributed by atoms with van der Waals surface area (Å²) in [5.74, 6) is 1.53. The lowest BCUT2D eigenvalue weighted by molar-refractivity contribution is 1.08. The van der Waals surface area contributed by atoms with Crippen molar-refractivity contribution in [2.75, 3.05) is 0 Å². The highest BCUT2D eigenvalue weighted by Crippen LogP contribution is 2.42. The Morgan fingerprint density at radius 1 is 0.521 bits per heavy atom. The minimum atomic E-state index is -0.560. The van der Waals surface area contributed by atoms with Crippen LogP contribution in [0, 0.1) is 0 Å². The molecular weight excluding hydrogens is 605 g/mol. The van der Waals surface area contributed by atoms with Crippen molar-refractivity contribution >= 4 is 64.1 Å². The predicted octanol–water partition coefficient (Wildman–Crippen LogP) is 11.5. The van der Waals surface area contributed by atoms with Crippen LogP contribution in [0.25, 0.3) is 92.6 Å². The van der Waals surface area contributed by atoms with Crippen molar-refractivity contribution in [2.24, 2.45) is 0 Å². The molecule has 0 atom stereocenters. The van der Waals surface area contributed by atoms with Gasteiger partial charge in [0.05, 0.1) is 24.7 Å². The van der Waals surface area contributed by atoms with Gasteiger partial charge in [0.1, 0.15) is 0 Å². The molecule has 0 fully saturated rings. The van der Waals surface area contributed by atoms with Crippen molar-refractivity contribution in [1.82, 2.24) is 19.5 Å². The lowest BCUT2D eigenvalue weighted by atomic mass is 10.0. The van der Waals surface area contributed by atoms with Crippen LogP contribution in [0.15, 0.2) is 157 Å². The third kappa shape index (κ3) is 4.25. The molecule has 7 aromatic carbocycles. The fourth-order valence-electron chi connectivity index (χ4n) is 6.31. The summed E-state index contributed by atoms with van der Waals surface area (Å²) in [5.41, 5.74) is 2.98. The molecule has 0 aliphatic carbocycles. The largest absolute Gasteiger partial charge is 0.309 e. The second-order valence-electron chi connectivity index (χ2n) is 11.3. The van der Waals surface area contributed by atoms with Crippen LogP contribution in [-0.2, 0) is 0 Å². The Balaban J connectivity index is 1.27. The van der Waals surface area contributed by atoms with Gasteiger partial charge in [-0.1, -0.05) is 121 Å². The maximum absolute atomic E-state index is 9.45. The number of fused-ring (bicyclic) bond motifs is 7. The smallest absolute Gasteiger partial charge is 0.164 e. The molecule has 0 aliphatic heterocycles. The van der Waals surface area contributed by atoms with Crippen LogP contribution < -0.4 is 0 Å². The summed E-state index contributed by atoms with van der Waals surface area (Å²) < 4.78 is 91.3. The Hall–Kier alpha value is -6.17. The average Bonchev–Trinajstić information content (AvgIpc) is 3.82. The van der Waals surface area contributed by atoms with Crippen LogP contribution in [-0.4, -0.2) is 19.5 Å². The quantitative estimate of drug-likeness (QED) is 0.192. The fraction of sp³-hybridized carbons (Fsp3) is 0. The number of rotatable bonds is 4. The molecule has 0 saturated heterocycles. The molecule has 3 aromatic heterocycles. The second-order valence-corrected chi connectivity index (χ2v) is 12.4. The topological polar surface area (TPSA) is 43.6 Å². The van der Waals surface area contributed by atoms with Gasteiger partial charge in [-0.05, 0) is 47.1 Å². The van der Waals surface area contributed by atoms with E-state index in [9.17, 15) is 2.74 Å². The Labute approximate surface area is 294 Å². The standard InChI is InChI=1S/C43H26N4S/c1-3-12-27(13-4-1)41-44-42(28-14-5-2-6-15-28)46-43(45-41)34-19-11-21-38-40(34)33-23-22-31(26-39(33)48-38)47-36-20-10-9-18-32(36)35-24-29-16-7-8-17-30(29)25-37(35)47/h1-26H/i7D,8D,9D,10D,16D,17D,18D,20D,24D,25D. The van der Waals surface area contributed by atoms with Crippen LogP contribution in [0.3, 0.4) is 0 Å². The van der Waals surface area contributed by atoms with Crippen molar-refractivity contribution in [2.45, 2.75) is 0 Å². The van der Waals surface area contributed by atoms with Crippen molar-refractivity contribution < 1.29 is 13.7 Å². The summed E-state index contributed by atoms with van der Waals surface area (Å²) in [7, 11) is 0. The molecule has 0 spiro atoms. The van der Waals surface area contributed by atoms with Gasteiger partial charge >= 0.3 is 0 Å². The molecule has 0 aliphatic rings. The normalized spacial score (nSPS) is 14.7. The van der Waals surface area contributed by atoms with Gasteiger partial charge in [0.15, 0.2) is 17.5 Å². The summed E-state index contributed by atoms with van der Waals surface area (Å²) in [5, 5.41) is 1.41. The van der Waals surface area contributed by atoms with E-state index in [0.29, 0.717) is 23.2 Å². The Morgan fingerprint density at radius 2 is 1.19 bits per heavy atom. The third-order valence-corrected chi connectivity index (χ3v) is 9.58. The number of aromatic nitrogens is 4. The van der Waals surface area contributed by atoms with E-state index in [1.54, 1.807) is 6.07 Å². The van der Waals surface area contributed by atoms with Crippen molar-refractivity contribution in [3.63, 3.8) is 0 Å². The fourth-order valence-corrected chi connectivity index (χ4v) is 7.47. The van der Waals surface area contributed by atoms with Crippen LogP contribution in [0.5, 0.6) is 0 Å². The van der Waals surface area contributed by atoms with Gasteiger partial charge < -0.3 is 4.57 Å². The maximum atomic E-state index is 9.45. The highest BCUT2D eigenvalue weighted by Gasteiger charge is 2.18. The van der Waals surface area contributed by atoms with E-state index < -0.39 is 42.3 Å². The number of hydrogen-bond donors (Lipinski definition) is 0. The van der Waals surface area contributed by atoms with Crippen LogP contribution in [0.2, 0.25) is 0 Å². The van der Waals surface area contributed by atoms with Gasteiger partial charge in [0, 0.05) is 53.3 Å². The molecule has 10 rings (SSSR count). The molecule has 0 amide bonds. The molecule has 0 saturated carbocycles. The lowest BCUT2D eigenvalue weighted by Crippen LogP contribution is -2.00. The van der Waals surface area contributed by atoms with Crippen molar-refractivity contribution in [3.05, 3.63) is 157 Å². The molecule has 4 nitrogen and oxygen atoms in total. The Kier molecular flexibility index (Phi) is 4.20. The summed E-state index contributed by atoms with van der Waals surface area (Å²) in [4.78, 5) is 14.8. The minimum absolute atomic E-state index is 0.00142. The van der Waals surface area contributed by atoms with Gasteiger partial charge in [-0.3, -0.25) is 0 Å². The lowest BCUT2D eigenvalue weighted by Gasteiger charge is -2.10.